The third-order valence-electron chi connectivity index (χ3n) is 3.39. The number of phenols is 1. The highest BCUT2D eigenvalue weighted by Crippen LogP contribution is 2.13. The molecule has 2 aromatic carbocycles. The van der Waals surface area contributed by atoms with Gasteiger partial charge in [-0.15, -0.1) is 0 Å². The molecule has 0 aliphatic carbocycles. The van der Waals surface area contributed by atoms with Crippen molar-refractivity contribution < 1.29 is 14.6 Å². The Labute approximate surface area is 136 Å². The quantitative estimate of drug-likeness (QED) is 0.617. The van der Waals surface area contributed by atoms with Crippen LogP contribution in [-0.4, -0.2) is 18.0 Å². The monoisotopic (exact) mass is 308 g/mol. The van der Waals surface area contributed by atoms with Gasteiger partial charge in [0.25, 0.3) is 0 Å². The lowest BCUT2D eigenvalue weighted by molar-refractivity contribution is -0.114. The van der Waals surface area contributed by atoms with Crippen molar-refractivity contribution in [1.82, 2.24) is 0 Å². The van der Waals surface area contributed by atoms with Crippen LogP contribution in [0.15, 0.2) is 66.8 Å². The summed E-state index contributed by atoms with van der Waals surface area (Å²) < 4.78 is 5.10. The smallest absolute Gasteiger partial charge is 0.156 e. The van der Waals surface area contributed by atoms with Crippen LogP contribution in [0.25, 0.3) is 6.08 Å². The summed E-state index contributed by atoms with van der Waals surface area (Å²) in [4.78, 5) is 11.8. The van der Waals surface area contributed by atoms with E-state index in [-0.39, 0.29) is 11.5 Å². The predicted octanol–water partition coefficient (Wildman–Crippen LogP) is 4.17. The van der Waals surface area contributed by atoms with E-state index in [9.17, 15) is 9.90 Å². The molecule has 0 aromatic heterocycles. The molecule has 2 rings (SSSR count). The molecule has 0 saturated heterocycles. The molecule has 0 bridgehead atoms. The number of aromatic hydroxyl groups is 1. The van der Waals surface area contributed by atoms with E-state index >= 15 is 0 Å². The van der Waals surface area contributed by atoms with Crippen molar-refractivity contribution in [3.63, 3.8) is 0 Å². The molecule has 23 heavy (non-hydrogen) atoms. The lowest BCUT2D eigenvalue weighted by Crippen LogP contribution is -1.95. The topological polar surface area (TPSA) is 46.5 Å². The Hall–Kier alpha value is -2.81. The minimum Gasteiger partial charge on any atom is -0.508 e. The lowest BCUT2D eigenvalue weighted by atomic mass is 10.1. The summed E-state index contributed by atoms with van der Waals surface area (Å²) in [5.41, 5.74) is 2.09. The molecular weight excluding hydrogens is 288 g/mol. The first kappa shape index (κ1) is 16.6. The molecule has 0 aliphatic rings. The SMILES string of the molecule is COc1ccc(/C=C/C=C/C(=O)CCc2ccc(O)cc2)cc1. The number of carbonyl (C=O) groups is 1. The molecule has 3 heteroatoms. The van der Waals surface area contributed by atoms with Gasteiger partial charge in [0.1, 0.15) is 11.5 Å². The van der Waals surface area contributed by atoms with Gasteiger partial charge in [-0.25, -0.2) is 0 Å². The number of rotatable bonds is 7. The van der Waals surface area contributed by atoms with Crippen molar-refractivity contribution in [2.45, 2.75) is 12.8 Å². The van der Waals surface area contributed by atoms with Crippen molar-refractivity contribution in [3.05, 3.63) is 77.9 Å². The molecule has 0 heterocycles. The van der Waals surface area contributed by atoms with E-state index in [4.69, 9.17) is 4.74 Å². The van der Waals surface area contributed by atoms with Crippen molar-refractivity contribution in [2.75, 3.05) is 7.11 Å². The third kappa shape index (κ3) is 5.83. The zero-order chi connectivity index (χ0) is 16.5. The maximum atomic E-state index is 11.8. The fourth-order valence-electron chi connectivity index (χ4n) is 2.06. The second-order valence-electron chi connectivity index (χ2n) is 5.12. The Balaban J connectivity index is 1.78. The maximum absolute atomic E-state index is 11.8. The number of phenolic OH excluding ortho intramolecular Hbond substituents is 1. The van der Waals surface area contributed by atoms with Gasteiger partial charge in [-0.3, -0.25) is 4.79 Å². The highest BCUT2D eigenvalue weighted by molar-refractivity contribution is 5.90. The fraction of sp³-hybridized carbons (Fsp3) is 0.150. The Morgan fingerprint density at radius 3 is 2.39 bits per heavy atom. The van der Waals surface area contributed by atoms with Gasteiger partial charge in [0.05, 0.1) is 7.11 Å². The number of allylic oxidation sites excluding steroid dienone is 3. The van der Waals surface area contributed by atoms with Crippen LogP contribution in [0.4, 0.5) is 0 Å². The third-order valence-corrected chi connectivity index (χ3v) is 3.39. The molecule has 0 aliphatic heterocycles. The molecule has 1 N–H and O–H groups in total. The maximum Gasteiger partial charge on any atom is 0.156 e. The van der Waals surface area contributed by atoms with Crippen LogP contribution in [0, 0.1) is 0 Å². The molecule has 0 unspecified atom stereocenters. The molecule has 0 radical (unpaired) electrons. The van der Waals surface area contributed by atoms with E-state index in [1.165, 1.54) is 0 Å². The fourth-order valence-corrected chi connectivity index (χ4v) is 2.06. The Morgan fingerprint density at radius 1 is 1.04 bits per heavy atom. The molecule has 2 aromatic rings. The van der Waals surface area contributed by atoms with Crippen molar-refractivity contribution in [1.29, 1.82) is 0 Å². The first-order valence-corrected chi connectivity index (χ1v) is 7.47. The molecule has 0 atom stereocenters. The summed E-state index contributed by atoms with van der Waals surface area (Å²) >= 11 is 0. The minimum absolute atomic E-state index is 0.0810. The summed E-state index contributed by atoms with van der Waals surface area (Å²) in [5, 5.41) is 9.21. The van der Waals surface area contributed by atoms with Gasteiger partial charge in [0.15, 0.2) is 5.78 Å². The first-order valence-electron chi connectivity index (χ1n) is 7.47. The highest BCUT2D eigenvalue weighted by Gasteiger charge is 1.98. The second kappa shape index (κ2) is 8.59. The molecule has 3 nitrogen and oxygen atoms in total. The average Bonchev–Trinajstić information content (AvgIpc) is 2.59. The highest BCUT2D eigenvalue weighted by atomic mass is 16.5. The number of benzene rings is 2. The lowest BCUT2D eigenvalue weighted by Gasteiger charge is -1.99. The van der Waals surface area contributed by atoms with Crippen LogP contribution >= 0.6 is 0 Å². The van der Waals surface area contributed by atoms with Crippen LogP contribution in [-0.2, 0) is 11.2 Å². The van der Waals surface area contributed by atoms with E-state index < -0.39 is 0 Å². The molecular formula is C20H20O3. The molecule has 0 saturated carbocycles. The number of hydrogen-bond acceptors (Lipinski definition) is 3. The number of ether oxygens (including phenoxy) is 1. The van der Waals surface area contributed by atoms with Crippen molar-refractivity contribution in [3.8, 4) is 11.5 Å². The van der Waals surface area contributed by atoms with Gasteiger partial charge in [0.2, 0.25) is 0 Å². The van der Waals surface area contributed by atoms with Gasteiger partial charge in [0, 0.05) is 6.42 Å². The minimum atomic E-state index is 0.0810. The molecule has 118 valence electrons. The number of hydrogen-bond donors (Lipinski definition) is 1. The normalized spacial score (nSPS) is 11.2. The summed E-state index contributed by atoms with van der Waals surface area (Å²) in [6, 6.07) is 14.6. The molecule has 0 fully saturated rings. The second-order valence-corrected chi connectivity index (χ2v) is 5.12. The number of aryl methyl sites for hydroxylation is 1. The summed E-state index contributed by atoms with van der Waals surface area (Å²) in [6.07, 6.45) is 8.25. The van der Waals surface area contributed by atoms with Gasteiger partial charge in [-0.2, -0.15) is 0 Å². The average molecular weight is 308 g/mol. The zero-order valence-corrected chi connectivity index (χ0v) is 13.1. The van der Waals surface area contributed by atoms with E-state index in [1.54, 1.807) is 31.4 Å². The largest absolute Gasteiger partial charge is 0.508 e. The van der Waals surface area contributed by atoms with Gasteiger partial charge in [-0.1, -0.05) is 42.5 Å². The number of ketones is 1. The van der Waals surface area contributed by atoms with E-state index in [0.29, 0.717) is 12.8 Å². The van der Waals surface area contributed by atoms with Gasteiger partial charge < -0.3 is 9.84 Å². The summed E-state index contributed by atoms with van der Waals surface area (Å²) in [5.74, 6) is 1.14. The van der Waals surface area contributed by atoms with Crippen LogP contribution in [0.1, 0.15) is 17.5 Å². The van der Waals surface area contributed by atoms with Gasteiger partial charge >= 0.3 is 0 Å². The van der Waals surface area contributed by atoms with E-state index in [2.05, 4.69) is 0 Å². The molecule has 0 spiro atoms. The van der Waals surface area contributed by atoms with Crippen LogP contribution < -0.4 is 4.74 Å². The van der Waals surface area contributed by atoms with Crippen molar-refractivity contribution >= 4 is 11.9 Å². The zero-order valence-electron chi connectivity index (χ0n) is 13.1. The van der Waals surface area contributed by atoms with Crippen LogP contribution in [0.2, 0.25) is 0 Å². The van der Waals surface area contributed by atoms with Gasteiger partial charge in [-0.05, 0) is 47.9 Å². The Morgan fingerprint density at radius 2 is 1.74 bits per heavy atom. The Kier molecular flexibility index (Phi) is 6.18. The van der Waals surface area contributed by atoms with Crippen molar-refractivity contribution in [2.24, 2.45) is 0 Å². The summed E-state index contributed by atoms with van der Waals surface area (Å²) in [6.45, 7) is 0. The van der Waals surface area contributed by atoms with Crippen LogP contribution in [0.5, 0.6) is 11.5 Å². The predicted molar refractivity (Wildman–Crippen MR) is 92.6 cm³/mol. The standard InChI is InChI=1S/C20H20O3/c1-23-20-14-9-16(10-15-20)4-2-3-5-18(21)11-6-17-7-12-19(22)13-8-17/h2-5,7-10,12-15,22H,6,11H2,1H3/b4-2+,5-3+. The number of carbonyl (C=O) groups excluding carboxylic acids is 1. The number of methoxy groups -OCH3 is 1. The molecule has 0 amide bonds. The van der Waals surface area contributed by atoms with E-state index in [1.807, 2.05) is 48.6 Å². The van der Waals surface area contributed by atoms with E-state index in [0.717, 1.165) is 16.9 Å². The van der Waals surface area contributed by atoms with Crippen LogP contribution in [0.3, 0.4) is 0 Å². The summed E-state index contributed by atoms with van der Waals surface area (Å²) in [7, 11) is 1.64. The first-order chi connectivity index (χ1) is 11.2. The Bertz CT molecular complexity index is 680.